The predicted molar refractivity (Wildman–Crippen MR) is 130 cm³/mol. The molecule has 34 heavy (non-hydrogen) atoms. The number of carbonyl (C=O) groups is 2. The number of aromatic nitrogens is 1. The van der Waals surface area contributed by atoms with Gasteiger partial charge in [-0.25, -0.2) is 0 Å². The normalized spacial score (nSPS) is 19.9. The van der Waals surface area contributed by atoms with Crippen LogP contribution in [0.3, 0.4) is 0 Å². The minimum Gasteiger partial charge on any atom is -0.493 e. The molecule has 5 rings (SSSR count). The summed E-state index contributed by atoms with van der Waals surface area (Å²) in [7, 11) is 3.20. The molecule has 7 heteroatoms. The molecule has 2 atom stereocenters. The number of benzene rings is 2. The maximum atomic E-state index is 13.6. The molecule has 0 bridgehead atoms. The highest BCUT2D eigenvalue weighted by Crippen LogP contribution is 2.44. The van der Waals surface area contributed by atoms with E-state index in [9.17, 15) is 9.59 Å². The number of para-hydroxylation sites is 1. The fraction of sp³-hybridized carbons (Fsp3) is 0.407. The van der Waals surface area contributed by atoms with Crippen molar-refractivity contribution in [2.45, 2.75) is 44.7 Å². The van der Waals surface area contributed by atoms with Gasteiger partial charge in [0.05, 0.1) is 26.8 Å². The summed E-state index contributed by atoms with van der Waals surface area (Å²) >= 11 is 0. The second-order valence-corrected chi connectivity index (χ2v) is 9.07. The van der Waals surface area contributed by atoms with E-state index in [1.165, 1.54) is 0 Å². The Labute approximate surface area is 199 Å². The average Bonchev–Trinajstić information content (AvgIpc) is 3.23. The molecule has 0 unspecified atom stereocenters. The van der Waals surface area contributed by atoms with E-state index in [0.717, 1.165) is 47.0 Å². The zero-order chi connectivity index (χ0) is 23.8. The van der Waals surface area contributed by atoms with Crippen LogP contribution in [0, 0.1) is 0 Å². The number of hydrogen-bond donors (Lipinski definition) is 1. The van der Waals surface area contributed by atoms with Crippen molar-refractivity contribution in [2.75, 3.05) is 27.3 Å². The first-order valence-electron chi connectivity index (χ1n) is 12.0. The first-order chi connectivity index (χ1) is 16.6. The van der Waals surface area contributed by atoms with Crippen molar-refractivity contribution < 1.29 is 19.1 Å². The molecule has 1 aromatic heterocycles. The number of ether oxygens (including phenoxy) is 2. The number of amides is 2. The molecule has 0 radical (unpaired) electrons. The molecule has 2 amide bonds. The van der Waals surface area contributed by atoms with Gasteiger partial charge in [0.15, 0.2) is 11.5 Å². The van der Waals surface area contributed by atoms with E-state index in [0.29, 0.717) is 24.5 Å². The number of carbonyl (C=O) groups excluding carboxylic acids is 2. The summed E-state index contributed by atoms with van der Waals surface area (Å²) in [6, 6.07) is 12.9. The van der Waals surface area contributed by atoms with Gasteiger partial charge >= 0.3 is 0 Å². The maximum absolute atomic E-state index is 13.6. The number of nitrogens with one attached hydrogen (secondary N) is 1. The van der Waals surface area contributed by atoms with Crippen LogP contribution < -0.4 is 9.47 Å². The van der Waals surface area contributed by atoms with Crippen molar-refractivity contribution in [3.05, 3.63) is 59.3 Å². The molecule has 1 N–H and O–H groups in total. The van der Waals surface area contributed by atoms with E-state index >= 15 is 0 Å². The first-order valence-corrected chi connectivity index (χ1v) is 12.0. The van der Waals surface area contributed by atoms with E-state index in [-0.39, 0.29) is 18.4 Å². The Morgan fingerprint density at radius 1 is 1.03 bits per heavy atom. The second-order valence-electron chi connectivity index (χ2n) is 9.07. The largest absolute Gasteiger partial charge is 0.493 e. The third-order valence-corrected chi connectivity index (χ3v) is 7.10. The topological polar surface area (TPSA) is 74.9 Å². The third-order valence-electron chi connectivity index (χ3n) is 7.10. The molecule has 2 aromatic carbocycles. The van der Waals surface area contributed by atoms with Crippen LogP contribution in [-0.4, -0.2) is 59.9 Å². The van der Waals surface area contributed by atoms with Crippen LogP contribution in [0.15, 0.2) is 42.5 Å². The first kappa shape index (κ1) is 22.3. The Bertz CT molecular complexity index is 1230. The van der Waals surface area contributed by atoms with Gasteiger partial charge in [-0.3, -0.25) is 9.59 Å². The summed E-state index contributed by atoms with van der Waals surface area (Å²) in [5, 5.41) is 1.10. The van der Waals surface area contributed by atoms with Crippen LogP contribution >= 0.6 is 0 Å². The smallest absolute Gasteiger partial charge is 0.246 e. The SMILES string of the molecule is CCCCCN1CC(=O)N2[C@H](c3ccc(OC)c(OC)c3)c3[nH]c4ccccc4c3C[C@H]2C1=O. The van der Waals surface area contributed by atoms with E-state index < -0.39 is 12.1 Å². The third kappa shape index (κ3) is 3.59. The molecule has 0 spiro atoms. The molecule has 178 valence electrons. The lowest BCUT2D eigenvalue weighted by molar-refractivity contribution is -0.158. The van der Waals surface area contributed by atoms with E-state index in [1.807, 2.05) is 36.4 Å². The minimum absolute atomic E-state index is 0.0230. The van der Waals surface area contributed by atoms with Crippen LogP contribution in [0.4, 0.5) is 0 Å². The molecule has 2 aliphatic heterocycles. The number of piperazine rings is 1. The Morgan fingerprint density at radius 3 is 2.59 bits per heavy atom. The highest BCUT2D eigenvalue weighted by atomic mass is 16.5. The van der Waals surface area contributed by atoms with Gasteiger partial charge in [0.1, 0.15) is 6.04 Å². The van der Waals surface area contributed by atoms with Gasteiger partial charge < -0.3 is 24.3 Å². The lowest BCUT2D eigenvalue weighted by atomic mass is 9.86. The molecule has 0 aliphatic carbocycles. The predicted octanol–water partition coefficient (Wildman–Crippen LogP) is 4.06. The number of hydrogen-bond acceptors (Lipinski definition) is 4. The summed E-state index contributed by atoms with van der Waals surface area (Å²) in [5.41, 5.74) is 3.96. The number of fused-ring (bicyclic) bond motifs is 4. The zero-order valence-corrected chi connectivity index (χ0v) is 20.0. The fourth-order valence-corrected chi connectivity index (χ4v) is 5.43. The second kappa shape index (κ2) is 9.05. The standard InChI is InChI=1S/C27H31N3O4/c1-4-5-8-13-29-16-24(31)30-21(27(29)32)15-19-18-9-6-7-10-20(18)28-25(19)26(30)17-11-12-22(33-2)23(14-17)34-3/h6-7,9-12,14,21,26,28H,4-5,8,13,15-16H2,1-3H3/t21-,26+/m0/s1. The Hall–Kier alpha value is -3.48. The van der Waals surface area contributed by atoms with Crippen molar-refractivity contribution in [3.8, 4) is 11.5 Å². The molecular formula is C27H31N3O4. The van der Waals surface area contributed by atoms with E-state index in [2.05, 4.69) is 18.0 Å². The van der Waals surface area contributed by atoms with Crippen molar-refractivity contribution >= 4 is 22.7 Å². The van der Waals surface area contributed by atoms with E-state index in [4.69, 9.17) is 9.47 Å². The molecule has 1 fully saturated rings. The highest BCUT2D eigenvalue weighted by Gasteiger charge is 2.48. The molecule has 0 saturated carbocycles. The van der Waals surface area contributed by atoms with Crippen LogP contribution in [0.25, 0.3) is 10.9 Å². The summed E-state index contributed by atoms with van der Waals surface area (Å²) in [5.74, 6) is 1.23. The van der Waals surface area contributed by atoms with Gasteiger partial charge in [0.2, 0.25) is 11.8 Å². The molecule has 3 heterocycles. The Balaban J connectivity index is 1.63. The number of H-pyrrole nitrogens is 1. The Kier molecular flexibility index (Phi) is 5.94. The summed E-state index contributed by atoms with van der Waals surface area (Å²) in [6.07, 6.45) is 3.55. The number of nitrogens with zero attached hydrogens (tertiary/aromatic N) is 2. The number of rotatable bonds is 7. The van der Waals surface area contributed by atoms with Gasteiger partial charge in [-0.1, -0.05) is 44.0 Å². The monoisotopic (exact) mass is 461 g/mol. The summed E-state index contributed by atoms with van der Waals surface area (Å²) in [6.45, 7) is 2.89. The molecule has 2 aliphatic rings. The maximum Gasteiger partial charge on any atom is 0.246 e. The quantitative estimate of drug-likeness (QED) is 0.539. The van der Waals surface area contributed by atoms with E-state index in [1.54, 1.807) is 24.0 Å². The number of unbranched alkanes of at least 4 members (excludes halogenated alkanes) is 2. The van der Waals surface area contributed by atoms with Crippen LogP contribution in [0.5, 0.6) is 11.5 Å². The highest BCUT2D eigenvalue weighted by molar-refractivity contribution is 5.97. The minimum atomic E-state index is -0.521. The van der Waals surface area contributed by atoms with Crippen LogP contribution in [-0.2, 0) is 16.0 Å². The average molecular weight is 462 g/mol. The van der Waals surface area contributed by atoms with Gasteiger partial charge in [-0.05, 0) is 35.7 Å². The lowest BCUT2D eigenvalue weighted by Crippen LogP contribution is -2.63. The zero-order valence-electron chi connectivity index (χ0n) is 20.0. The number of aromatic amines is 1. The van der Waals surface area contributed by atoms with Crippen molar-refractivity contribution in [1.29, 1.82) is 0 Å². The number of methoxy groups -OCH3 is 2. The molecule has 7 nitrogen and oxygen atoms in total. The molecule has 3 aromatic rings. The lowest BCUT2D eigenvalue weighted by Gasteiger charge is -2.47. The Morgan fingerprint density at radius 2 is 1.82 bits per heavy atom. The summed E-state index contributed by atoms with van der Waals surface area (Å²) < 4.78 is 11.0. The van der Waals surface area contributed by atoms with Gasteiger partial charge in [-0.2, -0.15) is 0 Å². The van der Waals surface area contributed by atoms with Crippen molar-refractivity contribution in [1.82, 2.24) is 14.8 Å². The molecular weight excluding hydrogens is 430 g/mol. The van der Waals surface area contributed by atoms with Crippen LogP contribution in [0.2, 0.25) is 0 Å². The van der Waals surface area contributed by atoms with Gasteiger partial charge in [0.25, 0.3) is 0 Å². The van der Waals surface area contributed by atoms with Crippen molar-refractivity contribution in [2.24, 2.45) is 0 Å². The van der Waals surface area contributed by atoms with Crippen LogP contribution in [0.1, 0.15) is 49.0 Å². The van der Waals surface area contributed by atoms with Crippen molar-refractivity contribution in [3.63, 3.8) is 0 Å². The molecule has 1 saturated heterocycles. The van der Waals surface area contributed by atoms with Gasteiger partial charge in [-0.15, -0.1) is 0 Å². The van der Waals surface area contributed by atoms with Gasteiger partial charge in [0, 0.05) is 29.6 Å². The summed E-state index contributed by atoms with van der Waals surface area (Å²) in [4.78, 5) is 34.3. The fourth-order valence-electron chi connectivity index (χ4n) is 5.43.